The number of urea groups is 1. The molecule has 1 aromatic carbocycles. The molecule has 0 bridgehead atoms. The van der Waals surface area contributed by atoms with Gasteiger partial charge in [-0.05, 0) is 80.7 Å². The number of benzene rings is 1. The molecule has 4 heterocycles. The van der Waals surface area contributed by atoms with Crippen LogP contribution in [0.1, 0.15) is 55.1 Å². The molecule has 2 N–H and O–H groups in total. The molecule has 9 heteroatoms. The lowest BCUT2D eigenvalue weighted by molar-refractivity contribution is 0.0268. The molecule has 3 amide bonds. The fourth-order valence-corrected chi connectivity index (χ4v) is 6.32. The van der Waals surface area contributed by atoms with Gasteiger partial charge in [0.15, 0.2) is 0 Å². The highest BCUT2D eigenvalue weighted by atomic mass is 19.1. The number of nitrogens with two attached hydrogens (primary N) is 1. The van der Waals surface area contributed by atoms with Crippen LogP contribution in [-0.2, 0) is 6.42 Å². The van der Waals surface area contributed by atoms with E-state index in [0.717, 1.165) is 68.5 Å². The molecule has 8 nitrogen and oxygen atoms in total. The molecule has 2 aliphatic rings. The zero-order valence-electron chi connectivity index (χ0n) is 24.3. The molecular formula is C31H41FN6O2. The van der Waals surface area contributed by atoms with Crippen LogP contribution in [0.2, 0.25) is 0 Å². The minimum absolute atomic E-state index is 0.0102. The van der Waals surface area contributed by atoms with Gasteiger partial charge < -0.3 is 25.0 Å². The predicted molar refractivity (Wildman–Crippen MR) is 155 cm³/mol. The molecule has 5 rings (SSSR count). The molecule has 214 valence electrons. The maximum atomic E-state index is 14.4. The van der Waals surface area contributed by atoms with Gasteiger partial charge in [-0.3, -0.25) is 9.78 Å². The Hall–Kier alpha value is -3.46. The molecule has 0 saturated carbocycles. The first-order valence-corrected chi connectivity index (χ1v) is 14.2. The van der Waals surface area contributed by atoms with Gasteiger partial charge in [0, 0.05) is 63.6 Å². The van der Waals surface area contributed by atoms with E-state index in [1.165, 1.54) is 17.7 Å². The van der Waals surface area contributed by atoms with E-state index in [4.69, 9.17) is 5.73 Å². The Balaban J connectivity index is 1.36. The summed E-state index contributed by atoms with van der Waals surface area (Å²) in [6.07, 6.45) is 8.70. The van der Waals surface area contributed by atoms with Crippen LogP contribution in [0.3, 0.4) is 0 Å². The Morgan fingerprint density at radius 2 is 1.90 bits per heavy atom. The van der Waals surface area contributed by atoms with Crippen molar-refractivity contribution in [3.8, 4) is 5.69 Å². The predicted octanol–water partition coefficient (Wildman–Crippen LogP) is 4.61. The van der Waals surface area contributed by atoms with E-state index in [0.29, 0.717) is 17.2 Å². The lowest BCUT2D eigenvalue weighted by Crippen LogP contribution is -2.54. The summed E-state index contributed by atoms with van der Waals surface area (Å²) in [5, 5.41) is 1.15. The summed E-state index contributed by atoms with van der Waals surface area (Å²) in [7, 11) is 1.75. The fourth-order valence-electron chi connectivity index (χ4n) is 6.32. The molecule has 2 aliphatic heterocycles. The van der Waals surface area contributed by atoms with E-state index in [9.17, 15) is 14.0 Å². The number of carbonyl (C=O) groups is 2. The standard InChI is InChI=1S/C31H41FN6O2/c1-20(2)35(5)29(39)25-13-24(32)6-7-26(25)38-18-23(28-21(3)14-34-15-27(28)38)12-22-16-36(17-22)19-31(4)8-10-37(11-9-31)30(33)40/h6-7,13-15,18,20,22H,8-12,16-17,19H2,1-5H3,(H2,33,40). The normalized spacial score (nSPS) is 17.8. The second-order valence-corrected chi connectivity index (χ2v) is 12.4. The zero-order valence-corrected chi connectivity index (χ0v) is 24.3. The quantitative estimate of drug-likeness (QED) is 0.467. The molecule has 0 atom stereocenters. The first kappa shape index (κ1) is 28.1. The van der Waals surface area contributed by atoms with Gasteiger partial charge in [0.1, 0.15) is 5.82 Å². The molecule has 40 heavy (non-hydrogen) atoms. The Bertz CT molecular complexity index is 1420. The van der Waals surface area contributed by atoms with Crippen molar-refractivity contribution >= 4 is 22.8 Å². The van der Waals surface area contributed by atoms with E-state index in [-0.39, 0.29) is 23.4 Å². The van der Waals surface area contributed by atoms with E-state index in [2.05, 4.69) is 29.9 Å². The monoisotopic (exact) mass is 548 g/mol. The summed E-state index contributed by atoms with van der Waals surface area (Å²) in [4.78, 5) is 35.2. The van der Waals surface area contributed by atoms with Gasteiger partial charge in [0.25, 0.3) is 5.91 Å². The Kier molecular flexibility index (Phi) is 7.61. The van der Waals surface area contributed by atoms with Gasteiger partial charge in [-0.25, -0.2) is 9.18 Å². The number of fused-ring (bicyclic) bond motifs is 1. The van der Waals surface area contributed by atoms with Crippen LogP contribution in [0, 0.1) is 24.1 Å². The number of hydrogen-bond acceptors (Lipinski definition) is 4. The number of rotatable bonds is 7. The van der Waals surface area contributed by atoms with Crippen LogP contribution in [0.4, 0.5) is 9.18 Å². The van der Waals surface area contributed by atoms with Crippen molar-refractivity contribution in [2.45, 2.75) is 53.0 Å². The number of likely N-dealkylation sites (tertiary alicyclic amines) is 2. The van der Waals surface area contributed by atoms with Crippen molar-refractivity contribution in [2.75, 3.05) is 39.8 Å². The van der Waals surface area contributed by atoms with Crippen molar-refractivity contribution in [3.63, 3.8) is 0 Å². The van der Waals surface area contributed by atoms with Gasteiger partial charge in [0.2, 0.25) is 0 Å². The molecule has 0 spiro atoms. The van der Waals surface area contributed by atoms with Crippen molar-refractivity contribution in [1.82, 2.24) is 24.3 Å². The summed E-state index contributed by atoms with van der Waals surface area (Å²) in [6, 6.07) is 4.11. The largest absolute Gasteiger partial charge is 0.351 e. The van der Waals surface area contributed by atoms with Crippen LogP contribution < -0.4 is 5.73 Å². The number of carbonyl (C=O) groups excluding carboxylic acids is 2. The minimum atomic E-state index is -0.432. The van der Waals surface area contributed by atoms with Crippen molar-refractivity contribution in [2.24, 2.45) is 17.1 Å². The van der Waals surface area contributed by atoms with Crippen LogP contribution in [0.15, 0.2) is 36.8 Å². The molecule has 3 aromatic rings. The smallest absolute Gasteiger partial charge is 0.314 e. The number of aryl methyl sites for hydroxylation is 1. The summed E-state index contributed by atoms with van der Waals surface area (Å²) >= 11 is 0. The third-order valence-electron chi connectivity index (χ3n) is 8.95. The minimum Gasteiger partial charge on any atom is -0.351 e. The van der Waals surface area contributed by atoms with Gasteiger partial charge in [-0.15, -0.1) is 0 Å². The number of aromatic nitrogens is 2. The number of amides is 3. The lowest BCUT2D eigenvalue weighted by Gasteiger charge is -2.47. The van der Waals surface area contributed by atoms with Gasteiger partial charge in [0.05, 0.1) is 23.0 Å². The van der Waals surface area contributed by atoms with Crippen LogP contribution in [0.25, 0.3) is 16.6 Å². The summed E-state index contributed by atoms with van der Waals surface area (Å²) in [6.45, 7) is 12.8. The SMILES string of the molecule is Cc1cncc2c1c(CC1CN(CC3(C)CCN(C(N)=O)CC3)C1)cn2-c1ccc(F)cc1C(=O)N(C)C(C)C. The molecule has 0 radical (unpaired) electrons. The maximum absolute atomic E-state index is 14.4. The zero-order chi connectivity index (χ0) is 28.8. The third kappa shape index (κ3) is 5.44. The third-order valence-corrected chi connectivity index (χ3v) is 8.95. The highest BCUT2D eigenvalue weighted by molar-refractivity contribution is 5.99. The first-order valence-electron chi connectivity index (χ1n) is 14.2. The number of halogens is 1. The summed E-state index contributed by atoms with van der Waals surface area (Å²) < 4.78 is 16.4. The topological polar surface area (TPSA) is 87.7 Å². The van der Waals surface area contributed by atoms with E-state index in [1.807, 2.05) is 30.8 Å². The Morgan fingerprint density at radius 1 is 1.20 bits per heavy atom. The highest BCUT2D eigenvalue weighted by Gasteiger charge is 2.37. The van der Waals surface area contributed by atoms with Crippen LogP contribution in [-0.4, -0.2) is 82.0 Å². The Morgan fingerprint density at radius 3 is 2.55 bits per heavy atom. The van der Waals surface area contributed by atoms with Crippen molar-refractivity contribution in [3.05, 3.63) is 59.3 Å². The average molecular weight is 549 g/mol. The molecular weight excluding hydrogens is 507 g/mol. The second kappa shape index (κ2) is 10.8. The number of hydrogen-bond donors (Lipinski definition) is 1. The molecule has 2 aromatic heterocycles. The molecule has 2 fully saturated rings. The van der Waals surface area contributed by atoms with Gasteiger partial charge in [-0.1, -0.05) is 6.92 Å². The van der Waals surface area contributed by atoms with Gasteiger partial charge in [-0.2, -0.15) is 0 Å². The van der Waals surface area contributed by atoms with Gasteiger partial charge >= 0.3 is 6.03 Å². The van der Waals surface area contributed by atoms with E-state index < -0.39 is 5.82 Å². The molecule has 0 unspecified atom stereocenters. The van der Waals surface area contributed by atoms with E-state index >= 15 is 0 Å². The Labute approximate surface area is 235 Å². The van der Waals surface area contributed by atoms with Crippen LogP contribution >= 0.6 is 0 Å². The van der Waals surface area contributed by atoms with Crippen molar-refractivity contribution in [1.29, 1.82) is 0 Å². The number of primary amides is 1. The van der Waals surface area contributed by atoms with Crippen molar-refractivity contribution < 1.29 is 14.0 Å². The fraction of sp³-hybridized carbons (Fsp3) is 0.516. The first-order chi connectivity index (χ1) is 19.0. The molecule has 0 aliphatic carbocycles. The maximum Gasteiger partial charge on any atom is 0.314 e. The van der Waals surface area contributed by atoms with Crippen LogP contribution in [0.5, 0.6) is 0 Å². The number of nitrogens with zero attached hydrogens (tertiary/aromatic N) is 5. The number of piperidine rings is 1. The second-order valence-electron chi connectivity index (χ2n) is 12.4. The number of pyridine rings is 1. The lowest BCUT2D eigenvalue weighted by atomic mass is 9.78. The average Bonchev–Trinajstić information content (AvgIpc) is 3.26. The summed E-state index contributed by atoms with van der Waals surface area (Å²) in [5.41, 5.74) is 9.90. The molecule has 2 saturated heterocycles. The highest BCUT2D eigenvalue weighted by Crippen LogP contribution is 2.36. The summed E-state index contributed by atoms with van der Waals surface area (Å²) in [5.74, 6) is -0.112. The van der Waals surface area contributed by atoms with E-state index in [1.54, 1.807) is 22.9 Å².